The molecule has 4 aromatic carbocycles. The number of ether oxygens (including phenoxy) is 3. The summed E-state index contributed by atoms with van der Waals surface area (Å²) in [5.41, 5.74) is 0.997. The van der Waals surface area contributed by atoms with Crippen molar-refractivity contribution in [3.05, 3.63) is 138 Å². The first kappa shape index (κ1) is 34.0. The number of aliphatic hydroxyl groups is 2. The van der Waals surface area contributed by atoms with Crippen molar-refractivity contribution in [1.82, 2.24) is 0 Å². The summed E-state index contributed by atoms with van der Waals surface area (Å²) >= 11 is 0. The van der Waals surface area contributed by atoms with Gasteiger partial charge >= 0.3 is 17.9 Å². The van der Waals surface area contributed by atoms with E-state index in [0.29, 0.717) is 0 Å². The maximum absolute atomic E-state index is 13.3. The molecule has 0 saturated carbocycles. The molecule has 11 nitrogen and oxygen atoms in total. The van der Waals surface area contributed by atoms with Crippen molar-refractivity contribution in [3.8, 4) is 0 Å². The van der Waals surface area contributed by atoms with E-state index in [2.05, 4.69) is 0 Å². The minimum Gasteiger partial charge on any atom is -0.452 e. The summed E-state index contributed by atoms with van der Waals surface area (Å²) < 4.78 is 47.7. The van der Waals surface area contributed by atoms with E-state index >= 15 is 0 Å². The number of carbonyl (C=O) groups excluding carboxylic acids is 3. The highest BCUT2D eigenvalue weighted by Crippen LogP contribution is 2.23. The molecule has 0 aromatic heterocycles. The molecule has 0 spiro atoms. The third kappa shape index (κ3) is 9.08. The van der Waals surface area contributed by atoms with Crippen molar-refractivity contribution in [2.45, 2.75) is 36.2 Å². The minimum atomic E-state index is -4.40. The van der Waals surface area contributed by atoms with Crippen LogP contribution in [0.15, 0.2) is 120 Å². The fourth-order valence-corrected chi connectivity index (χ4v) is 5.19. The largest absolute Gasteiger partial charge is 0.452 e. The SMILES string of the molecule is Cc1ccc(S(=O)(=O)OCC(O)C(OC(=O)c2ccccc2)C(OC(=O)c2ccccc2)C(CO)OC(=O)c2ccccc2)cc1. The molecule has 0 radical (unpaired) electrons. The zero-order chi connectivity index (χ0) is 33.1. The van der Waals surface area contributed by atoms with Gasteiger partial charge in [0.15, 0.2) is 18.3 Å². The van der Waals surface area contributed by atoms with Gasteiger partial charge in [0, 0.05) is 0 Å². The molecule has 240 valence electrons. The highest BCUT2D eigenvalue weighted by atomic mass is 32.2. The van der Waals surface area contributed by atoms with E-state index in [1.54, 1.807) is 73.7 Å². The lowest BCUT2D eigenvalue weighted by atomic mass is 10.0. The summed E-state index contributed by atoms with van der Waals surface area (Å²) in [4.78, 5) is 39.3. The summed E-state index contributed by atoms with van der Waals surface area (Å²) in [5, 5.41) is 21.7. The van der Waals surface area contributed by atoms with Gasteiger partial charge in [-0.2, -0.15) is 8.42 Å². The molecule has 4 aromatic rings. The number of hydrogen-bond donors (Lipinski definition) is 2. The Hall–Kier alpha value is -4.88. The third-order valence-electron chi connectivity index (χ3n) is 6.73. The van der Waals surface area contributed by atoms with Gasteiger partial charge in [0.25, 0.3) is 10.1 Å². The Labute approximate surface area is 266 Å². The lowest BCUT2D eigenvalue weighted by molar-refractivity contribution is -0.133. The number of aliphatic hydroxyl groups excluding tert-OH is 2. The van der Waals surface area contributed by atoms with Gasteiger partial charge in [-0.25, -0.2) is 14.4 Å². The Kier molecular flexibility index (Phi) is 11.8. The topological polar surface area (TPSA) is 163 Å². The Bertz CT molecular complexity index is 1690. The second kappa shape index (κ2) is 15.9. The molecule has 0 fully saturated rings. The highest BCUT2D eigenvalue weighted by Gasteiger charge is 2.43. The van der Waals surface area contributed by atoms with E-state index < -0.39 is 65.7 Å². The summed E-state index contributed by atoms with van der Waals surface area (Å²) in [7, 11) is -4.40. The van der Waals surface area contributed by atoms with Crippen LogP contribution in [0.4, 0.5) is 0 Å². The average molecular weight is 649 g/mol. The van der Waals surface area contributed by atoms with Crippen LogP contribution in [-0.4, -0.2) is 74.2 Å². The Morgan fingerprint density at radius 3 is 1.48 bits per heavy atom. The van der Waals surface area contributed by atoms with Crippen molar-refractivity contribution in [2.24, 2.45) is 0 Å². The summed E-state index contributed by atoms with van der Waals surface area (Å²) in [6.07, 6.45) is -7.43. The van der Waals surface area contributed by atoms with Crippen molar-refractivity contribution >= 4 is 28.0 Å². The molecule has 0 aliphatic rings. The van der Waals surface area contributed by atoms with Crippen LogP contribution in [0.1, 0.15) is 36.6 Å². The zero-order valence-electron chi connectivity index (χ0n) is 24.7. The lowest BCUT2D eigenvalue weighted by Crippen LogP contribution is -2.53. The van der Waals surface area contributed by atoms with Crippen molar-refractivity contribution < 1.29 is 51.4 Å². The standard InChI is InChI=1S/C34H32O11S/c1-23-17-19-27(20-18-23)46(40,41)42-22-28(36)30(44-33(38)25-13-7-3-8-14-25)31(45-34(39)26-15-9-4-10-16-26)29(21-35)43-32(37)24-11-5-2-6-12-24/h2-20,28-31,35-36H,21-22H2,1H3. The van der Waals surface area contributed by atoms with Crippen LogP contribution >= 0.6 is 0 Å². The monoisotopic (exact) mass is 648 g/mol. The second-order valence-corrected chi connectivity index (χ2v) is 11.7. The highest BCUT2D eigenvalue weighted by molar-refractivity contribution is 7.86. The second-order valence-electron chi connectivity index (χ2n) is 10.1. The first-order valence-corrected chi connectivity index (χ1v) is 15.5. The maximum atomic E-state index is 13.3. The predicted octanol–water partition coefficient (Wildman–Crippen LogP) is 3.73. The van der Waals surface area contributed by atoms with Crippen LogP contribution in [0.25, 0.3) is 0 Å². The van der Waals surface area contributed by atoms with Gasteiger partial charge in [0.2, 0.25) is 0 Å². The molecule has 46 heavy (non-hydrogen) atoms. The van der Waals surface area contributed by atoms with Crippen LogP contribution in [0.3, 0.4) is 0 Å². The summed E-state index contributed by atoms with van der Waals surface area (Å²) in [6, 6.07) is 28.8. The number of carbonyl (C=O) groups is 3. The van der Waals surface area contributed by atoms with E-state index in [-0.39, 0.29) is 21.6 Å². The number of esters is 3. The van der Waals surface area contributed by atoms with E-state index in [0.717, 1.165) is 5.56 Å². The zero-order valence-corrected chi connectivity index (χ0v) is 25.5. The Balaban J connectivity index is 1.70. The van der Waals surface area contributed by atoms with Crippen LogP contribution in [0, 0.1) is 6.92 Å². The quantitative estimate of drug-likeness (QED) is 0.116. The molecule has 0 saturated heterocycles. The van der Waals surface area contributed by atoms with Crippen LogP contribution < -0.4 is 0 Å². The smallest absolute Gasteiger partial charge is 0.338 e. The van der Waals surface area contributed by atoms with Crippen LogP contribution in [0.5, 0.6) is 0 Å². The average Bonchev–Trinajstić information content (AvgIpc) is 3.08. The number of rotatable bonds is 14. The number of hydrogen-bond acceptors (Lipinski definition) is 11. The maximum Gasteiger partial charge on any atom is 0.338 e. The predicted molar refractivity (Wildman–Crippen MR) is 164 cm³/mol. The van der Waals surface area contributed by atoms with Gasteiger partial charge in [0.1, 0.15) is 6.10 Å². The molecule has 4 unspecified atom stereocenters. The van der Waals surface area contributed by atoms with Gasteiger partial charge < -0.3 is 24.4 Å². The molecule has 2 N–H and O–H groups in total. The van der Waals surface area contributed by atoms with Crippen LogP contribution in [0.2, 0.25) is 0 Å². The molecule has 0 amide bonds. The van der Waals surface area contributed by atoms with E-state index in [1.165, 1.54) is 48.5 Å². The summed E-state index contributed by atoms with van der Waals surface area (Å²) in [6.45, 7) is -0.140. The molecule has 0 bridgehead atoms. The van der Waals surface area contributed by atoms with Crippen LogP contribution in [-0.2, 0) is 28.5 Å². The molecule has 0 aliphatic carbocycles. The molecular formula is C34H32O11S. The lowest BCUT2D eigenvalue weighted by Gasteiger charge is -2.34. The molecule has 12 heteroatoms. The third-order valence-corrected chi connectivity index (χ3v) is 8.02. The van der Waals surface area contributed by atoms with Crippen molar-refractivity contribution in [1.29, 1.82) is 0 Å². The fourth-order valence-electron chi connectivity index (χ4n) is 4.27. The summed E-state index contributed by atoms with van der Waals surface area (Å²) in [5.74, 6) is -2.87. The van der Waals surface area contributed by atoms with Gasteiger partial charge in [-0.05, 0) is 55.5 Å². The van der Waals surface area contributed by atoms with E-state index in [1.807, 2.05) is 0 Å². The van der Waals surface area contributed by atoms with E-state index in [9.17, 15) is 33.0 Å². The molecule has 4 rings (SSSR count). The van der Waals surface area contributed by atoms with Gasteiger partial charge in [0.05, 0.1) is 34.8 Å². The normalized spacial score (nSPS) is 13.9. The fraction of sp³-hybridized carbons (Fsp3) is 0.206. The number of benzene rings is 4. The first-order chi connectivity index (χ1) is 22.1. The molecule has 0 aliphatic heterocycles. The minimum absolute atomic E-state index is 0.0443. The van der Waals surface area contributed by atoms with Gasteiger partial charge in [-0.1, -0.05) is 72.3 Å². The molecule has 4 atom stereocenters. The Morgan fingerprint density at radius 2 is 1.04 bits per heavy atom. The van der Waals surface area contributed by atoms with Gasteiger partial charge in [-0.15, -0.1) is 0 Å². The van der Waals surface area contributed by atoms with E-state index in [4.69, 9.17) is 18.4 Å². The van der Waals surface area contributed by atoms with Crippen molar-refractivity contribution in [2.75, 3.05) is 13.2 Å². The number of aryl methyl sites for hydroxylation is 1. The Morgan fingerprint density at radius 1 is 0.630 bits per heavy atom. The van der Waals surface area contributed by atoms with Crippen molar-refractivity contribution in [3.63, 3.8) is 0 Å². The first-order valence-electron chi connectivity index (χ1n) is 14.1. The molecular weight excluding hydrogens is 616 g/mol. The molecule has 0 heterocycles. The van der Waals surface area contributed by atoms with Gasteiger partial charge in [-0.3, -0.25) is 4.18 Å².